The number of anilines is 2. The van der Waals surface area contributed by atoms with Gasteiger partial charge in [0.25, 0.3) is 0 Å². The van der Waals surface area contributed by atoms with Crippen LogP contribution in [0.2, 0.25) is 0 Å². The molecule has 0 aliphatic rings. The molecule has 1 amide bonds. The summed E-state index contributed by atoms with van der Waals surface area (Å²) < 4.78 is 10.3. The lowest BCUT2D eigenvalue weighted by Gasteiger charge is -2.07. The van der Waals surface area contributed by atoms with E-state index in [1.807, 2.05) is 0 Å². The van der Waals surface area contributed by atoms with E-state index >= 15 is 0 Å². The Kier molecular flexibility index (Phi) is 6.26. The molecule has 0 fully saturated rings. The largest absolute Gasteiger partial charge is 0.462 e. The maximum Gasteiger partial charge on any atom is 0.348 e. The van der Waals surface area contributed by atoms with Gasteiger partial charge in [0.1, 0.15) is 15.5 Å². The molecule has 3 rings (SSSR count). The first-order chi connectivity index (χ1) is 14.3. The highest BCUT2D eigenvalue weighted by Gasteiger charge is 2.21. The SMILES string of the molecule is CCOC(=O)c1sc2nc(COC(=O)c3cccc(NC(C)=O)c3)nc(N)c2c1C. The molecule has 2 heterocycles. The monoisotopic (exact) mass is 428 g/mol. The maximum atomic E-state index is 12.3. The number of aryl methyl sites for hydroxylation is 1. The van der Waals surface area contributed by atoms with Crippen LogP contribution in [0.5, 0.6) is 0 Å². The van der Waals surface area contributed by atoms with E-state index in [0.29, 0.717) is 26.3 Å². The molecule has 0 atom stereocenters. The van der Waals surface area contributed by atoms with Crippen LogP contribution in [0.3, 0.4) is 0 Å². The average molecular weight is 428 g/mol. The molecule has 2 aromatic heterocycles. The molecule has 9 nitrogen and oxygen atoms in total. The number of nitrogen functional groups attached to an aromatic ring is 1. The molecule has 30 heavy (non-hydrogen) atoms. The first kappa shape index (κ1) is 21.2. The van der Waals surface area contributed by atoms with Crippen molar-refractivity contribution < 1.29 is 23.9 Å². The Balaban J connectivity index is 1.79. The Morgan fingerprint density at radius 3 is 2.63 bits per heavy atom. The summed E-state index contributed by atoms with van der Waals surface area (Å²) in [5.41, 5.74) is 7.46. The molecule has 3 N–H and O–H groups in total. The summed E-state index contributed by atoms with van der Waals surface area (Å²) in [4.78, 5) is 45.1. The number of amides is 1. The summed E-state index contributed by atoms with van der Waals surface area (Å²) in [7, 11) is 0. The molecule has 10 heteroatoms. The molecule has 0 aliphatic heterocycles. The van der Waals surface area contributed by atoms with Gasteiger partial charge in [-0.2, -0.15) is 0 Å². The minimum atomic E-state index is -0.598. The summed E-state index contributed by atoms with van der Waals surface area (Å²) in [5.74, 6) is -0.874. The van der Waals surface area contributed by atoms with E-state index < -0.39 is 11.9 Å². The van der Waals surface area contributed by atoms with Crippen LogP contribution in [0.25, 0.3) is 10.2 Å². The highest BCUT2D eigenvalue weighted by molar-refractivity contribution is 7.20. The number of ether oxygens (including phenoxy) is 2. The Hall–Kier alpha value is -3.53. The minimum absolute atomic E-state index is 0.197. The van der Waals surface area contributed by atoms with Gasteiger partial charge in [0.15, 0.2) is 12.4 Å². The third-order valence-electron chi connectivity index (χ3n) is 4.08. The number of hydrogen-bond donors (Lipinski definition) is 2. The average Bonchev–Trinajstić information content (AvgIpc) is 3.03. The van der Waals surface area contributed by atoms with Crippen LogP contribution in [-0.2, 0) is 20.9 Å². The Bertz CT molecular complexity index is 1140. The number of rotatable bonds is 6. The zero-order chi connectivity index (χ0) is 21.8. The van der Waals surface area contributed by atoms with Gasteiger partial charge in [-0.3, -0.25) is 4.79 Å². The molecule has 0 radical (unpaired) electrons. The first-order valence-corrected chi connectivity index (χ1v) is 9.89. The summed E-state index contributed by atoms with van der Waals surface area (Å²) in [6, 6.07) is 6.38. The third-order valence-corrected chi connectivity index (χ3v) is 5.24. The van der Waals surface area contributed by atoms with Crippen LogP contribution < -0.4 is 11.1 Å². The Labute approximate surface area is 176 Å². The number of benzene rings is 1. The number of thiophene rings is 1. The predicted octanol–water partition coefficient (Wildman–Crippen LogP) is 3.07. The zero-order valence-electron chi connectivity index (χ0n) is 16.6. The van der Waals surface area contributed by atoms with E-state index in [4.69, 9.17) is 15.2 Å². The summed E-state index contributed by atoms with van der Waals surface area (Å²) in [5, 5.41) is 3.19. The molecule has 156 valence electrons. The van der Waals surface area contributed by atoms with E-state index in [1.165, 1.54) is 13.0 Å². The summed E-state index contributed by atoms with van der Waals surface area (Å²) in [6.45, 7) is 4.93. The van der Waals surface area contributed by atoms with E-state index in [1.54, 1.807) is 32.0 Å². The fourth-order valence-corrected chi connectivity index (χ4v) is 3.91. The van der Waals surface area contributed by atoms with Crippen molar-refractivity contribution in [1.82, 2.24) is 9.97 Å². The molecule has 0 bridgehead atoms. The van der Waals surface area contributed by atoms with E-state index in [0.717, 1.165) is 11.3 Å². The van der Waals surface area contributed by atoms with Crippen LogP contribution in [0.1, 0.15) is 45.3 Å². The van der Waals surface area contributed by atoms with E-state index in [-0.39, 0.29) is 36.3 Å². The van der Waals surface area contributed by atoms with Crippen LogP contribution >= 0.6 is 11.3 Å². The molecule has 0 aliphatic carbocycles. The maximum absolute atomic E-state index is 12.3. The van der Waals surface area contributed by atoms with Gasteiger partial charge in [-0.1, -0.05) is 6.07 Å². The number of aromatic nitrogens is 2. The minimum Gasteiger partial charge on any atom is -0.462 e. The standard InChI is InChI=1S/C20H20N4O5S/c1-4-28-20(27)16-10(2)15-17(21)23-14(24-18(15)30-16)9-29-19(26)12-6-5-7-13(8-12)22-11(3)25/h5-8H,4,9H2,1-3H3,(H,22,25)(H2,21,23,24). The highest BCUT2D eigenvalue weighted by atomic mass is 32.1. The number of hydrogen-bond acceptors (Lipinski definition) is 9. The number of esters is 2. The van der Waals surface area contributed by atoms with Gasteiger partial charge in [0, 0.05) is 12.6 Å². The fraction of sp³-hybridized carbons (Fsp3) is 0.250. The lowest BCUT2D eigenvalue weighted by molar-refractivity contribution is -0.114. The van der Waals surface area contributed by atoms with Crippen LogP contribution in [0.15, 0.2) is 24.3 Å². The van der Waals surface area contributed by atoms with Gasteiger partial charge in [0.2, 0.25) is 5.91 Å². The molecule has 1 aromatic carbocycles. The topological polar surface area (TPSA) is 134 Å². The Morgan fingerprint density at radius 2 is 1.93 bits per heavy atom. The summed E-state index contributed by atoms with van der Waals surface area (Å²) >= 11 is 1.15. The normalized spacial score (nSPS) is 10.6. The van der Waals surface area contributed by atoms with Crippen molar-refractivity contribution in [2.75, 3.05) is 17.7 Å². The van der Waals surface area contributed by atoms with Gasteiger partial charge in [0.05, 0.1) is 17.6 Å². The molecule has 0 unspecified atom stereocenters. The van der Waals surface area contributed by atoms with Gasteiger partial charge in [-0.15, -0.1) is 11.3 Å². The molecule has 0 spiro atoms. The quantitative estimate of drug-likeness (QED) is 0.572. The second-order valence-corrected chi connectivity index (χ2v) is 7.32. The van der Waals surface area contributed by atoms with Crippen LogP contribution in [0.4, 0.5) is 11.5 Å². The molecular weight excluding hydrogens is 408 g/mol. The Morgan fingerprint density at radius 1 is 1.17 bits per heavy atom. The molecular formula is C20H20N4O5S. The second kappa shape index (κ2) is 8.87. The van der Waals surface area contributed by atoms with Crippen LogP contribution in [-0.4, -0.2) is 34.4 Å². The molecule has 0 saturated carbocycles. The smallest absolute Gasteiger partial charge is 0.348 e. The number of nitrogens with two attached hydrogens (primary N) is 1. The lowest BCUT2D eigenvalue weighted by atomic mass is 10.2. The number of carbonyl (C=O) groups excluding carboxylic acids is 3. The van der Waals surface area contributed by atoms with Gasteiger partial charge in [-0.25, -0.2) is 19.6 Å². The number of fused-ring (bicyclic) bond motifs is 1. The lowest BCUT2D eigenvalue weighted by Crippen LogP contribution is -2.10. The zero-order valence-corrected chi connectivity index (χ0v) is 17.5. The van der Waals surface area contributed by atoms with Crippen molar-refractivity contribution in [3.8, 4) is 0 Å². The van der Waals surface area contributed by atoms with Gasteiger partial charge < -0.3 is 20.5 Å². The van der Waals surface area contributed by atoms with Crippen molar-refractivity contribution in [2.24, 2.45) is 0 Å². The molecule has 3 aromatic rings. The van der Waals surface area contributed by atoms with Gasteiger partial charge in [-0.05, 0) is 37.6 Å². The second-order valence-electron chi connectivity index (χ2n) is 6.32. The van der Waals surface area contributed by atoms with E-state index in [2.05, 4.69) is 15.3 Å². The summed E-state index contributed by atoms with van der Waals surface area (Å²) in [6.07, 6.45) is 0. The van der Waals surface area contributed by atoms with Crippen molar-refractivity contribution in [3.05, 3.63) is 46.1 Å². The molecule has 0 saturated heterocycles. The number of nitrogens with one attached hydrogen (secondary N) is 1. The van der Waals surface area contributed by atoms with Crippen molar-refractivity contribution in [3.63, 3.8) is 0 Å². The first-order valence-electron chi connectivity index (χ1n) is 9.07. The fourth-order valence-electron chi connectivity index (χ4n) is 2.81. The van der Waals surface area contributed by atoms with E-state index in [9.17, 15) is 14.4 Å². The number of nitrogens with zero attached hydrogens (tertiary/aromatic N) is 2. The van der Waals surface area contributed by atoms with Gasteiger partial charge >= 0.3 is 11.9 Å². The number of carbonyl (C=O) groups is 3. The highest BCUT2D eigenvalue weighted by Crippen LogP contribution is 2.33. The van der Waals surface area contributed by atoms with Crippen molar-refractivity contribution in [1.29, 1.82) is 0 Å². The van der Waals surface area contributed by atoms with Crippen LogP contribution in [0, 0.1) is 6.92 Å². The third kappa shape index (κ3) is 4.54. The predicted molar refractivity (Wildman–Crippen MR) is 112 cm³/mol. The van der Waals surface area contributed by atoms with Crippen molar-refractivity contribution in [2.45, 2.75) is 27.4 Å². The van der Waals surface area contributed by atoms with Crippen molar-refractivity contribution >= 4 is 50.9 Å².